The van der Waals surface area contributed by atoms with Crippen LogP contribution < -0.4 is 22.5 Å². The molecule has 0 radical (unpaired) electrons. The molecule has 0 bridgehead atoms. The highest BCUT2D eigenvalue weighted by atomic mass is 31.2. The van der Waals surface area contributed by atoms with E-state index in [0.29, 0.717) is 5.56 Å². The molecule has 2 N–H and O–H groups in total. The van der Waals surface area contributed by atoms with Gasteiger partial charge in [-0.25, -0.2) is 9.59 Å². The van der Waals surface area contributed by atoms with Crippen molar-refractivity contribution in [1.82, 2.24) is 19.1 Å². The van der Waals surface area contributed by atoms with Crippen molar-refractivity contribution < 1.29 is 23.1 Å². The van der Waals surface area contributed by atoms with Gasteiger partial charge < -0.3 is 18.5 Å². The van der Waals surface area contributed by atoms with E-state index in [1.807, 2.05) is 19.1 Å². The lowest BCUT2D eigenvalue weighted by Crippen LogP contribution is -2.33. The van der Waals surface area contributed by atoms with Gasteiger partial charge in [-0.05, 0) is 37.4 Å². The molecular weight excluding hydrogens is 651 g/mol. The van der Waals surface area contributed by atoms with Crippen molar-refractivity contribution in [2.45, 2.75) is 76.5 Å². The lowest BCUT2D eigenvalue weighted by atomic mass is 10.1. The summed E-state index contributed by atoms with van der Waals surface area (Å²) in [6, 6.07) is 5.55. The summed E-state index contributed by atoms with van der Waals surface area (Å²) in [5, 5.41) is 7.56. The molecular formula is C28H33N10O9P. The lowest BCUT2D eigenvalue weighted by molar-refractivity contribution is -0.0346. The number of benzene rings is 1. The van der Waals surface area contributed by atoms with Crippen molar-refractivity contribution in [2.24, 2.45) is 10.2 Å². The first-order valence-corrected chi connectivity index (χ1v) is 16.6. The molecule has 4 heterocycles. The zero-order chi connectivity index (χ0) is 34.6. The number of nitrogens with zero attached hydrogens (tertiary/aromatic N) is 8. The minimum Gasteiger partial charge on any atom is -0.352 e. The average molecular weight is 685 g/mol. The summed E-state index contributed by atoms with van der Waals surface area (Å²) >= 11 is 0. The van der Waals surface area contributed by atoms with Crippen LogP contribution in [0.25, 0.3) is 20.9 Å². The van der Waals surface area contributed by atoms with E-state index < -0.39 is 66.8 Å². The number of hydrogen-bond donors (Lipinski definition) is 2. The molecule has 3 aromatic rings. The van der Waals surface area contributed by atoms with Gasteiger partial charge in [0.1, 0.15) is 12.5 Å². The maximum absolute atomic E-state index is 14.3. The molecule has 6 atom stereocenters. The first-order valence-electron chi connectivity index (χ1n) is 14.9. The van der Waals surface area contributed by atoms with Crippen LogP contribution in [-0.2, 0) is 29.2 Å². The van der Waals surface area contributed by atoms with Gasteiger partial charge in [-0.1, -0.05) is 40.1 Å². The Morgan fingerprint density at radius 2 is 1.25 bits per heavy atom. The largest absolute Gasteiger partial charge is 0.352 e. The summed E-state index contributed by atoms with van der Waals surface area (Å²) in [4.78, 5) is 58.9. The standard InChI is InChI=1S/C28H33N10O9P/c1-15-4-6-18(7-5-15)14-48(43,44-12-21-19(33-35-29)8-23(46-21)37-10-16(2)25(39)31-27(37)41)45-13-22-20(34-36-30)9-24(47-22)38-11-17(3)26(40)32-28(38)42/h4-7,10-11,19-24H,8-9,12-14H2,1-3H3,(H,31,39,41)(H,32,40,42)/t19-,20-,21+,22+,23+,24+/m0/s1. The number of aryl methyl sites for hydroxylation is 3. The van der Waals surface area contributed by atoms with E-state index in [2.05, 4.69) is 30.0 Å². The number of nitrogens with one attached hydrogen (secondary N) is 2. The van der Waals surface area contributed by atoms with Gasteiger partial charge in [-0.2, -0.15) is 0 Å². The Kier molecular flexibility index (Phi) is 10.5. The Bertz CT molecular complexity index is 1930. The number of aromatic nitrogens is 4. The molecule has 1 aromatic carbocycles. The van der Waals surface area contributed by atoms with Crippen molar-refractivity contribution >= 4 is 7.60 Å². The fourth-order valence-corrected chi connectivity index (χ4v) is 7.13. The molecule has 0 saturated carbocycles. The first-order chi connectivity index (χ1) is 22.9. The normalized spacial score (nSPS) is 24.8. The molecule has 2 fully saturated rings. The van der Waals surface area contributed by atoms with E-state index in [-0.39, 0.29) is 43.3 Å². The molecule has 2 saturated heterocycles. The Morgan fingerprint density at radius 3 is 1.67 bits per heavy atom. The Labute approximate surface area is 271 Å². The number of ether oxygens (including phenoxy) is 2. The third-order valence-electron chi connectivity index (χ3n) is 8.09. The minimum atomic E-state index is -4.05. The molecule has 20 heteroatoms. The summed E-state index contributed by atoms with van der Waals surface area (Å²) in [7, 11) is -4.05. The van der Waals surface area contributed by atoms with E-state index >= 15 is 0 Å². The SMILES string of the molecule is Cc1ccc(CP(=O)(OC[C@H]2O[C@@H](n3cc(C)c(=O)[nH]c3=O)C[C@@H]2N=[N+]=[N-])OC[C@H]2O[C@@H](n3cc(C)c(=O)[nH]c3=O)C[C@@H]2N=[N+]=[N-])cc1. The smallest absolute Gasteiger partial charge is 0.335 e. The van der Waals surface area contributed by atoms with Crippen LogP contribution in [0.5, 0.6) is 0 Å². The molecule has 5 rings (SSSR count). The highest BCUT2D eigenvalue weighted by Gasteiger charge is 2.41. The predicted molar refractivity (Wildman–Crippen MR) is 169 cm³/mol. The Hall–Kier alpha value is -4.73. The Balaban J connectivity index is 1.36. The number of rotatable bonds is 12. The fraction of sp³-hybridized carbons (Fsp3) is 0.500. The average Bonchev–Trinajstić information content (AvgIpc) is 3.64. The first kappa shape index (κ1) is 34.6. The van der Waals surface area contributed by atoms with E-state index in [1.54, 1.807) is 12.1 Å². The van der Waals surface area contributed by atoms with Crippen molar-refractivity contribution in [3.8, 4) is 0 Å². The second-order valence-corrected chi connectivity index (χ2v) is 13.6. The van der Waals surface area contributed by atoms with Crippen LogP contribution in [0.1, 0.15) is 47.6 Å². The third kappa shape index (κ3) is 7.86. The highest BCUT2D eigenvalue weighted by molar-refractivity contribution is 7.53. The topological polar surface area (TPSA) is 261 Å². The van der Waals surface area contributed by atoms with Crippen LogP contribution in [0, 0.1) is 20.8 Å². The van der Waals surface area contributed by atoms with E-state index in [0.717, 1.165) is 5.56 Å². The highest BCUT2D eigenvalue weighted by Crippen LogP contribution is 2.53. The van der Waals surface area contributed by atoms with Gasteiger partial charge >= 0.3 is 19.0 Å². The fourth-order valence-electron chi connectivity index (χ4n) is 5.47. The molecule has 0 unspecified atom stereocenters. The Morgan fingerprint density at radius 1 is 0.812 bits per heavy atom. The summed E-state index contributed by atoms with van der Waals surface area (Å²) in [5.41, 5.74) is 18.0. The molecule has 2 aliphatic heterocycles. The van der Waals surface area contributed by atoms with Crippen LogP contribution in [0.2, 0.25) is 0 Å². The quantitative estimate of drug-likeness (QED) is 0.122. The minimum absolute atomic E-state index is 0.0708. The van der Waals surface area contributed by atoms with Crippen LogP contribution in [0.3, 0.4) is 0 Å². The summed E-state index contributed by atoms with van der Waals surface area (Å²) < 4.78 is 40.5. The molecule has 2 aromatic heterocycles. The molecule has 0 amide bonds. The zero-order valence-electron chi connectivity index (χ0n) is 26.2. The number of hydrogen-bond acceptors (Lipinski definition) is 11. The van der Waals surface area contributed by atoms with Crippen molar-refractivity contribution in [3.05, 3.63) is 121 Å². The molecule has 0 spiro atoms. The van der Waals surface area contributed by atoms with Crippen molar-refractivity contribution in [1.29, 1.82) is 0 Å². The molecule has 48 heavy (non-hydrogen) atoms. The van der Waals surface area contributed by atoms with Crippen molar-refractivity contribution in [2.75, 3.05) is 13.2 Å². The third-order valence-corrected chi connectivity index (χ3v) is 9.93. The van der Waals surface area contributed by atoms with Gasteiger partial charge in [0.15, 0.2) is 0 Å². The molecule has 254 valence electrons. The summed E-state index contributed by atoms with van der Waals surface area (Å²) in [5.74, 6) is 0. The van der Waals surface area contributed by atoms with Gasteiger partial charge in [0.25, 0.3) is 11.1 Å². The molecule has 2 aliphatic rings. The zero-order valence-corrected chi connectivity index (χ0v) is 27.1. The van der Waals surface area contributed by atoms with Crippen molar-refractivity contribution in [3.63, 3.8) is 0 Å². The second-order valence-electron chi connectivity index (χ2n) is 11.6. The van der Waals surface area contributed by atoms with Gasteiger partial charge in [0.2, 0.25) is 0 Å². The summed E-state index contributed by atoms with van der Waals surface area (Å²) in [6.07, 6.45) is -1.07. The van der Waals surface area contributed by atoms with Crippen LogP contribution in [0.15, 0.2) is 66.1 Å². The molecule has 19 nitrogen and oxygen atoms in total. The second kappa shape index (κ2) is 14.6. The van der Waals surface area contributed by atoms with Gasteiger partial charge in [0, 0.05) is 46.2 Å². The number of azide groups is 2. The van der Waals surface area contributed by atoms with Gasteiger partial charge in [-0.15, -0.1) is 0 Å². The monoisotopic (exact) mass is 684 g/mol. The van der Waals surface area contributed by atoms with Gasteiger partial charge in [-0.3, -0.25) is 33.3 Å². The number of H-pyrrole nitrogens is 2. The molecule has 0 aliphatic carbocycles. The predicted octanol–water partition coefficient (Wildman–Crippen LogP) is 3.37. The van der Waals surface area contributed by atoms with Crippen LogP contribution in [-0.4, -0.2) is 56.6 Å². The number of aromatic amines is 2. The van der Waals surface area contributed by atoms with E-state index in [9.17, 15) is 34.8 Å². The van der Waals surface area contributed by atoms with E-state index in [1.165, 1.54) is 35.4 Å². The van der Waals surface area contributed by atoms with Gasteiger partial charge in [0.05, 0.1) is 43.7 Å². The maximum Gasteiger partial charge on any atom is 0.335 e. The maximum atomic E-state index is 14.3. The van der Waals surface area contributed by atoms with E-state index in [4.69, 9.17) is 18.5 Å². The van der Waals surface area contributed by atoms with Crippen LogP contribution >= 0.6 is 7.60 Å². The summed E-state index contributed by atoms with van der Waals surface area (Å²) in [6.45, 7) is 4.22. The lowest BCUT2D eigenvalue weighted by Gasteiger charge is -2.24. The van der Waals surface area contributed by atoms with Crippen LogP contribution in [0.4, 0.5) is 0 Å².